The first-order chi connectivity index (χ1) is 12.9. The van der Waals surface area contributed by atoms with Crippen LogP contribution in [0.1, 0.15) is 15.9 Å². The third-order valence-electron chi connectivity index (χ3n) is 3.74. The van der Waals surface area contributed by atoms with Gasteiger partial charge in [-0.25, -0.2) is 9.00 Å². The first-order valence-corrected chi connectivity index (χ1v) is 8.63. The SMILES string of the molecule is Cc1ccc(N=Nc2c([O-])c(C(=O)O)cc3ccccc23)c(OS(=O)[O-])c1.[Na+]. The van der Waals surface area contributed by atoms with Gasteiger partial charge in [-0.2, -0.15) is 5.11 Å². The van der Waals surface area contributed by atoms with E-state index in [2.05, 4.69) is 14.4 Å². The monoisotopic (exact) mass is 407 g/mol. The average molecular weight is 407 g/mol. The Morgan fingerprint density at radius 1 is 1.14 bits per heavy atom. The standard InChI is InChI=1S/C18H14N2O6S.Na/c1-10-6-7-14(15(8-10)26-27(24)25)19-20-16-12-5-3-2-4-11(12)9-13(17(16)21)18(22)23;/h2-9,21H,1H3,(H,22,23)(H,24,25);/q;+1/p-2. The molecule has 28 heavy (non-hydrogen) atoms. The van der Waals surface area contributed by atoms with E-state index < -0.39 is 28.6 Å². The predicted octanol–water partition coefficient (Wildman–Crippen LogP) is 0.512. The number of rotatable bonds is 5. The zero-order chi connectivity index (χ0) is 19.6. The summed E-state index contributed by atoms with van der Waals surface area (Å²) in [6.07, 6.45) is 0. The van der Waals surface area contributed by atoms with Crippen molar-refractivity contribution in [2.24, 2.45) is 10.2 Å². The zero-order valence-electron chi connectivity index (χ0n) is 14.9. The van der Waals surface area contributed by atoms with Crippen molar-refractivity contribution >= 4 is 39.5 Å². The van der Waals surface area contributed by atoms with Crippen molar-refractivity contribution in [1.82, 2.24) is 0 Å². The quantitative estimate of drug-likeness (QED) is 0.372. The molecule has 3 aromatic carbocycles. The number of aromatic carboxylic acids is 1. The number of aryl methyl sites for hydroxylation is 1. The maximum atomic E-state index is 12.5. The van der Waals surface area contributed by atoms with Crippen molar-refractivity contribution in [2.75, 3.05) is 0 Å². The van der Waals surface area contributed by atoms with Gasteiger partial charge in [0.25, 0.3) is 0 Å². The zero-order valence-corrected chi connectivity index (χ0v) is 17.7. The molecule has 10 heteroatoms. The molecule has 0 bridgehead atoms. The molecule has 0 aliphatic heterocycles. The van der Waals surface area contributed by atoms with Crippen molar-refractivity contribution in [1.29, 1.82) is 0 Å². The largest absolute Gasteiger partial charge is 1.00 e. The summed E-state index contributed by atoms with van der Waals surface area (Å²) in [5.41, 5.74) is 0.232. The van der Waals surface area contributed by atoms with E-state index in [1.165, 1.54) is 18.2 Å². The summed E-state index contributed by atoms with van der Waals surface area (Å²) < 4.78 is 26.4. The van der Waals surface area contributed by atoms with Gasteiger partial charge >= 0.3 is 35.5 Å². The van der Waals surface area contributed by atoms with Crippen molar-refractivity contribution in [3.05, 3.63) is 59.7 Å². The molecule has 0 aliphatic carbocycles. The molecule has 138 valence electrons. The van der Waals surface area contributed by atoms with Gasteiger partial charge in [0.2, 0.25) is 0 Å². The average Bonchev–Trinajstić information content (AvgIpc) is 2.61. The summed E-state index contributed by atoms with van der Waals surface area (Å²) in [4.78, 5) is 11.3. The van der Waals surface area contributed by atoms with Crippen molar-refractivity contribution < 1.29 is 57.5 Å². The molecular weight excluding hydrogens is 395 g/mol. The van der Waals surface area contributed by atoms with E-state index in [1.54, 1.807) is 37.3 Å². The van der Waals surface area contributed by atoms with Gasteiger partial charge in [-0.1, -0.05) is 36.1 Å². The summed E-state index contributed by atoms with van der Waals surface area (Å²) >= 11 is -2.81. The molecule has 0 aromatic heterocycles. The molecular formula is C18H12N2NaO6S-. The molecule has 3 aromatic rings. The summed E-state index contributed by atoms with van der Waals surface area (Å²) in [6.45, 7) is 1.74. The molecule has 1 unspecified atom stereocenters. The molecule has 0 amide bonds. The van der Waals surface area contributed by atoms with Crippen LogP contribution < -0.4 is 38.8 Å². The van der Waals surface area contributed by atoms with E-state index in [-0.39, 0.29) is 46.7 Å². The van der Waals surface area contributed by atoms with Crippen molar-refractivity contribution in [3.8, 4) is 11.5 Å². The van der Waals surface area contributed by atoms with Crippen LogP contribution in [0, 0.1) is 6.92 Å². The smallest absolute Gasteiger partial charge is 0.870 e. The van der Waals surface area contributed by atoms with Gasteiger partial charge in [0.15, 0.2) is 5.75 Å². The van der Waals surface area contributed by atoms with Gasteiger partial charge in [0.1, 0.15) is 17.0 Å². The van der Waals surface area contributed by atoms with Crippen LogP contribution in [0.5, 0.6) is 11.5 Å². The maximum Gasteiger partial charge on any atom is 1.00 e. The number of hydrogen-bond acceptors (Lipinski definition) is 7. The minimum absolute atomic E-state index is 0. The Hall–Kier alpha value is -2.30. The Labute approximate surface area is 184 Å². The number of benzene rings is 3. The minimum Gasteiger partial charge on any atom is -0.870 e. The summed E-state index contributed by atoms with van der Waals surface area (Å²) in [5.74, 6) is -2.21. The summed E-state index contributed by atoms with van der Waals surface area (Å²) in [7, 11) is 0. The fourth-order valence-corrected chi connectivity index (χ4v) is 2.80. The molecule has 1 N–H and O–H groups in total. The Bertz CT molecular complexity index is 1100. The number of nitrogens with zero attached hydrogens (tertiary/aromatic N) is 2. The number of fused-ring (bicyclic) bond motifs is 1. The van der Waals surface area contributed by atoms with Crippen LogP contribution in [0.25, 0.3) is 10.8 Å². The number of carboxylic acids is 1. The first kappa shape index (κ1) is 22.0. The van der Waals surface area contributed by atoms with E-state index in [0.717, 1.165) is 5.56 Å². The fraction of sp³-hybridized carbons (Fsp3) is 0.0556. The number of azo groups is 1. The van der Waals surface area contributed by atoms with E-state index in [4.69, 9.17) is 0 Å². The molecule has 1 atom stereocenters. The number of carbonyl (C=O) groups is 1. The van der Waals surface area contributed by atoms with Crippen LogP contribution in [0.4, 0.5) is 11.4 Å². The molecule has 0 spiro atoms. The predicted molar refractivity (Wildman–Crippen MR) is 95.3 cm³/mol. The molecule has 0 radical (unpaired) electrons. The maximum absolute atomic E-state index is 12.5. The molecule has 0 fully saturated rings. The number of carboxylic acid groups (broad SMARTS) is 1. The number of hydrogen-bond donors (Lipinski definition) is 1. The summed E-state index contributed by atoms with van der Waals surface area (Å²) in [5, 5.41) is 30.5. The van der Waals surface area contributed by atoms with E-state index in [9.17, 15) is 23.8 Å². The Kier molecular flexibility index (Phi) is 7.28. The van der Waals surface area contributed by atoms with Gasteiger partial charge in [-0.3, -0.25) is 0 Å². The molecule has 0 aliphatic rings. The Morgan fingerprint density at radius 3 is 2.54 bits per heavy atom. The van der Waals surface area contributed by atoms with Crippen LogP contribution in [0.15, 0.2) is 58.8 Å². The van der Waals surface area contributed by atoms with Gasteiger partial charge in [-0.15, -0.1) is 5.11 Å². The molecule has 0 saturated carbocycles. The van der Waals surface area contributed by atoms with Crippen LogP contribution in [0.3, 0.4) is 0 Å². The molecule has 0 saturated heterocycles. The Balaban J connectivity index is 0.00000280. The van der Waals surface area contributed by atoms with Gasteiger partial charge < -0.3 is 18.9 Å². The van der Waals surface area contributed by atoms with E-state index in [0.29, 0.717) is 10.8 Å². The molecule has 0 heterocycles. The summed E-state index contributed by atoms with van der Waals surface area (Å²) in [6, 6.07) is 12.5. The van der Waals surface area contributed by atoms with Gasteiger partial charge in [0, 0.05) is 5.39 Å². The van der Waals surface area contributed by atoms with Crippen LogP contribution >= 0.6 is 0 Å². The Morgan fingerprint density at radius 2 is 1.86 bits per heavy atom. The van der Waals surface area contributed by atoms with Crippen LogP contribution in [-0.2, 0) is 11.4 Å². The fourth-order valence-electron chi connectivity index (χ4n) is 2.52. The first-order valence-electron chi connectivity index (χ1n) is 7.63. The van der Waals surface area contributed by atoms with E-state index in [1.807, 2.05) is 0 Å². The third kappa shape index (κ3) is 4.75. The van der Waals surface area contributed by atoms with E-state index >= 15 is 0 Å². The normalized spacial score (nSPS) is 11.9. The minimum atomic E-state index is -2.81. The van der Waals surface area contributed by atoms with Gasteiger partial charge in [-0.05, 0) is 36.1 Å². The second-order valence-electron chi connectivity index (χ2n) is 5.59. The second-order valence-corrected chi connectivity index (χ2v) is 6.16. The molecule has 8 nitrogen and oxygen atoms in total. The second kappa shape index (κ2) is 9.26. The molecule has 3 rings (SSSR count). The third-order valence-corrected chi connectivity index (χ3v) is 4.05. The topological polar surface area (TPSA) is 134 Å². The van der Waals surface area contributed by atoms with Gasteiger partial charge in [0.05, 0.1) is 11.3 Å². The van der Waals surface area contributed by atoms with Crippen LogP contribution in [0.2, 0.25) is 0 Å². The van der Waals surface area contributed by atoms with Crippen molar-refractivity contribution in [3.63, 3.8) is 0 Å². The van der Waals surface area contributed by atoms with Crippen LogP contribution in [-0.4, -0.2) is 19.8 Å². The van der Waals surface area contributed by atoms with Crippen molar-refractivity contribution in [2.45, 2.75) is 6.92 Å².